The first-order chi connectivity index (χ1) is 10.9. The number of rotatable bonds is 7. The van der Waals surface area contributed by atoms with Gasteiger partial charge >= 0.3 is 0 Å². The van der Waals surface area contributed by atoms with E-state index in [0.29, 0.717) is 17.9 Å². The summed E-state index contributed by atoms with van der Waals surface area (Å²) in [6.45, 7) is 2.33. The predicted octanol–water partition coefficient (Wildman–Crippen LogP) is 2.47. The van der Waals surface area contributed by atoms with Crippen LogP contribution in [0.25, 0.3) is 0 Å². The van der Waals surface area contributed by atoms with Crippen molar-refractivity contribution in [3.63, 3.8) is 0 Å². The molecule has 2 rings (SSSR count). The Kier molecular flexibility index (Phi) is 5.30. The molecule has 0 atom stereocenters. The second kappa shape index (κ2) is 7.21. The fourth-order valence-corrected chi connectivity index (χ4v) is 3.01. The molecular weight excluding hydrogens is 320 g/mol. The minimum Gasteiger partial charge on any atom is -0.494 e. The molecule has 0 radical (unpaired) electrons. The van der Waals surface area contributed by atoms with Gasteiger partial charge in [-0.25, -0.2) is 13.1 Å². The lowest BCUT2D eigenvalue weighted by Crippen LogP contribution is -2.23. The van der Waals surface area contributed by atoms with E-state index in [4.69, 9.17) is 4.74 Å². The first-order valence-electron chi connectivity index (χ1n) is 6.89. The van der Waals surface area contributed by atoms with Crippen molar-refractivity contribution in [1.29, 1.82) is 0 Å². The van der Waals surface area contributed by atoms with Crippen LogP contribution in [0.2, 0.25) is 0 Å². The maximum Gasteiger partial charge on any atom is 0.270 e. The van der Waals surface area contributed by atoms with Crippen LogP contribution in [0.4, 0.5) is 5.69 Å². The monoisotopic (exact) mass is 336 g/mol. The predicted molar refractivity (Wildman–Crippen MR) is 84.7 cm³/mol. The molecule has 0 saturated carbocycles. The second-order valence-corrected chi connectivity index (χ2v) is 6.39. The molecule has 0 aromatic heterocycles. The Balaban J connectivity index is 2.19. The highest BCUT2D eigenvalue weighted by atomic mass is 32.2. The average molecular weight is 336 g/mol. The lowest BCUT2D eigenvalue weighted by Gasteiger charge is -2.11. The zero-order chi connectivity index (χ0) is 16.9. The smallest absolute Gasteiger partial charge is 0.270 e. The molecular formula is C15H16N2O5S. The molecule has 0 bridgehead atoms. The first kappa shape index (κ1) is 16.9. The lowest BCUT2D eigenvalue weighted by molar-refractivity contribution is -0.385. The van der Waals surface area contributed by atoms with Gasteiger partial charge in [-0.3, -0.25) is 10.1 Å². The fraction of sp³-hybridized carbons (Fsp3) is 0.200. The van der Waals surface area contributed by atoms with E-state index in [0.717, 1.165) is 6.07 Å². The molecule has 0 heterocycles. The summed E-state index contributed by atoms with van der Waals surface area (Å²) in [6.07, 6.45) is 0. The van der Waals surface area contributed by atoms with Crippen LogP contribution in [0, 0.1) is 10.1 Å². The van der Waals surface area contributed by atoms with Gasteiger partial charge in [0.25, 0.3) is 5.69 Å². The van der Waals surface area contributed by atoms with Gasteiger partial charge in [0.05, 0.1) is 16.4 Å². The number of sulfonamides is 1. The molecule has 0 saturated heterocycles. The van der Waals surface area contributed by atoms with Crippen LogP contribution in [-0.2, 0) is 16.6 Å². The van der Waals surface area contributed by atoms with Crippen LogP contribution in [0.3, 0.4) is 0 Å². The van der Waals surface area contributed by atoms with Gasteiger partial charge in [-0.05, 0) is 19.1 Å². The number of nitro benzene ring substituents is 1. The SMILES string of the molecule is CCOc1ccccc1CNS(=O)(=O)c1cccc([N+](=O)[O-])c1. The van der Waals surface area contributed by atoms with Crippen LogP contribution in [0.1, 0.15) is 12.5 Å². The zero-order valence-electron chi connectivity index (χ0n) is 12.4. The van der Waals surface area contributed by atoms with Crippen molar-refractivity contribution in [1.82, 2.24) is 4.72 Å². The maximum absolute atomic E-state index is 12.3. The van der Waals surface area contributed by atoms with Crippen molar-refractivity contribution in [2.24, 2.45) is 0 Å². The van der Waals surface area contributed by atoms with Crippen LogP contribution >= 0.6 is 0 Å². The molecule has 2 aromatic rings. The lowest BCUT2D eigenvalue weighted by atomic mass is 10.2. The fourth-order valence-electron chi connectivity index (χ4n) is 1.97. The summed E-state index contributed by atoms with van der Waals surface area (Å²) in [4.78, 5) is 9.96. The molecule has 122 valence electrons. The zero-order valence-corrected chi connectivity index (χ0v) is 13.2. The minimum atomic E-state index is -3.86. The summed E-state index contributed by atoms with van der Waals surface area (Å²) >= 11 is 0. The number of nitrogens with zero attached hydrogens (tertiary/aromatic N) is 1. The van der Waals surface area contributed by atoms with Crippen molar-refractivity contribution >= 4 is 15.7 Å². The van der Waals surface area contributed by atoms with E-state index in [2.05, 4.69) is 4.72 Å². The van der Waals surface area contributed by atoms with E-state index < -0.39 is 14.9 Å². The van der Waals surface area contributed by atoms with Crippen molar-refractivity contribution in [2.45, 2.75) is 18.4 Å². The molecule has 0 fully saturated rings. The summed E-state index contributed by atoms with van der Waals surface area (Å²) in [6, 6.07) is 12.0. The molecule has 23 heavy (non-hydrogen) atoms. The summed E-state index contributed by atoms with van der Waals surface area (Å²) < 4.78 is 32.4. The molecule has 8 heteroatoms. The van der Waals surface area contributed by atoms with Crippen LogP contribution in [0.15, 0.2) is 53.4 Å². The van der Waals surface area contributed by atoms with Crippen LogP contribution in [0.5, 0.6) is 5.75 Å². The highest BCUT2D eigenvalue weighted by Crippen LogP contribution is 2.20. The molecule has 0 aliphatic rings. The Morgan fingerprint density at radius 3 is 2.61 bits per heavy atom. The summed E-state index contributed by atoms with van der Waals surface area (Å²) in [5.74, 6) is 0.594. The molecule has 0 unspecified atom stereocenters. The minimum absolute atomic E-state index is 0.0290. The van der Waals surface area contributed by atoms with Crippen molar-refractivity contribution < 1.29 is 18.1 Å². The summed E-state index contributed by atoms with van der Waals surface area (Å²) in [7, 11) is -3.86. The van der Waals surface area contributed by atoms with E-state index in [1.54, 1.807) is 24.3 Å². The quantitative estimate of drug-likeness (QED) is 0.618. The normalized spacial score (nSPS) is 11.2. The Morgan fingerprint density at radius 2 is 1.91 bits per heavy atom. The Hall–Kier alpha value is -2.45. The molecule has 0 aliphatic heterocycles. The van der Waals surface area contributed by atoms with Crippen LogP contribution in [-0.4, -0.2) is 19.9 Å². The van der Waals surface area contributed by atoms with Gasteiger partial charge in [0.15, 0.2) is 0 Å². The third-order valence-electron chi connectivity index (χ3n) is 3.06. The van der Waals surface area contributed by atoms with Crippen molar-refractivity contribution in [3.8, 4) is 5.75 Å². The number of benzene rings is 2. The number of ether oxygens (including phenoxy) is 1. The highest BCUT2D eigenvalue weighted by molar-refractivity contribution is 7.89. The topological polar surface area (TPSA) is 98.5 Å². The molecule has 0 spiro atoms. The third-order valence-corrected chi connectivity index (χ3v) is 4.46. The number of nitro groups is 1. The molecule has 0 amide bonds. The first-order valence-corrected chi connectivity index (χ1v) is 8.37. The van der Waals surface area contributed by atoms with Gasteiger partial charge < -0.3 is 4.74 Å². The molecule has 1 N–H and O–H groups in total. The van der Waals surface area contributed by atoms with Gasteiger partial charge in [-0.2, -0.15) is 0 Å². The molecule has 7 nitrogen and oxygen atoms in total. The largest absolute Gasteiger partial charge is 0.494 e. The van der Waals surface area contributed by atoms with Crippen LogP contribution < -0.4 is 9.46 Å². The molecule has 0 aliphatic carbocycles. The number of nitrogens with one attached hydrogen (secondary N) is 1. The van der Waals surface area contributed by atoms with E-state index in [1.807, 2.05) is 6.92 Å². The van der Waals surface area contributed by atoms with Gasteiger partial charge in [0.1, 0.15) is 5.75 Å². The summed E-state index contributed by atoms with van der Waals surface area (Å²) in [5, 5.41) is 10.7. The van der Waals surface area contributed by atoms with Crippen molar-refractivity contribution in [2.75, 3.05) is 6.61 Å². The average Bonchev–Trinajstić information content (AvgIpc) is 2.54. The number of hydrogen-bond acceptors (Lipinski definition) is 5. The highest BCUT2D eigenvalue weighted by Gasteiger charge is 2.18. The maximum atomic E-state index is 12.3. The van der Waals surface area contributed by atoms with Gasteiger partial charge in [0.2, 0.25) is 10.0 Å². The van der Waals surface area contributed by atoms with E-state index in [9.17, 15) is 18.5 Å². The van der Waals surface area contributed by atoms with E-state index in [1.165, 1.54) is 18.2 Å². The Morgan fingerprint density at radius 1 is 1.17 bits per heavy atom. The Labute approximate surface area is 134 Å². The third kappa shape index (κ3) is 4.27. The van der Waals surface area contributed by atoms with E-state index >= 15 is 0 Å². The van der Waals surface area contributed by atoms with Crippen molar-refractivity contribution in [3.05, 3.63) is 64.2 Å². The van der Waals surface area contributed by atoms with E-state index in [-0.39, 0.29) is 17.1 Å². The standard InChI is InChI=1S/C15H16N2O5S/c1-2-22-15-9-4-3-6-12(15)11-16-23(20,21)14-8-5-7-13(10-14)17(18)19/h3-10,16H,2,11H2,1H3. The number of non-ortho nitro benzene ring substituents is 1. The van der Waals surface area contributed by atoms with Gasteiger partial charge in [0, 0.05) is 24.2 Å². The van der Waals surface area contributed by atoms with Gasteiger partial charge in [-0.1, -0.05) is 24.3 Å². The Bertz CT molecular complexity index is 805. The molecule has 2 aromatic carbocycles. The second-order valence-electron chi connectivity index (χ2n) is 4.62. The van der Waals surface area contributed by atoms with Gasteiger partial charge in [-0.15, -0.1) is 0 Å². The summed E-state index contributed by atoms with van der Waals surface area (Å²) in [5.41, 5.74) is 0.408. The number of para-hydroxylation sites is 1. The number of hydrogen-bond donors (Lipinski definition) is 1.